The van der Waals surface area contributed by atoms with Gasteiger partial charge in [0.15, 0.2) is 0 Å². The average molecular weight is 412 g/mol. The van der Waals surface area contributed by atoms with E-state index >= 15 is 0 Å². The zero-order chi connectivity index (χ0) is 20.0. The Morgan fingerprint density at radius 3 is 2.70 bits per heavy atom. The molecule has 0 aliphatic rings. The first-order valence-electron chi connectivity index (χ1n) is 8.82. The summed E-state index contributed by atoms with van der Waals surface area (Å²) in [5.74, 6) is 1.37. The van der Waals surface area contributed by atoms with E-state index in [0.717, 1.165) is 5.56 Å². The molecule has 0 saturated carbocycles. The summed E-state index contributed by atoms with van der Waals surface area (Å²) in [4.78, 5) is 12.1. The van der Waals surface area contributed by atoms with E-state index in [2.05, 4.69) is 29.4 Å². The monoisotopic (exact) mass is 411 g/mol. The Bertz CT molecular complexity index is 759. The van der Waals surface area contributed by atoms with Crippen molar-refractivity contribution in [1.29, 1.82) is 0 Å². The van der Waals surface area contributed by atoms with Crippen LogP contribution in [0.1, 0.15) is 58.5 Å². The van der Waals surface area contributed by atoms with Crippen molar-refractivity contribution in [2.24, 2.45) is 5.92 Å². The molecule has 0 aliphatic heterocycles. The third-order valence-corrected chi connectivity index (χ3v) is 4.49. The fraction of sp³-hybridized carbons (Fsp3) is 0.526. The van der Waals surface area contributed by atoms with E-state index < -0.39 is 17.7 Å². The molecule has 0 unspecified atom stereocenters. The van der Waals surface area contributed by atoms with Gasteiger partial charge in [0, 0.05) is 10.8 Å². The van der Waals surface area contributed by atoms with Crippen LogP contribution < -0.4 is 5.32 Å². The minimum Gasteiger partial charge on any atom is -0.444 e. The topological polar surface area (TPSA) is 77.2 Å². The van der Waals surface area contributed by atoms with Gasteiger partial charge in [-0.2, -0.15) is 0 Å². The van der Waals surface area contributed by atoms with Crippen molar-refractivity contribution >= 4 is 29.5 Å². The highest BCUT2D eigenvalue weighted by molar-refractivity contribution is 7.98. The van der Waals surface area contributed by atoms with Crippen molar-refractivity contribution in [3.63, 3.8) is 0 Å². The second-order valence-electron chi connectivity index (χ2n) is 7.65. The summed E-state index contributed by atoms with van der Waals surface area (Å²) in [6.07, 6.45) is 0.166. The number of ether oxygens (including phenoxy) is 1. The lowest BCUT2D eigenvalue weighted by Crippen LogP contribution is -2.35. The van der Waals surface area contributed by atoms with Crippen molar-refractivity contribution < 1.29 is 13.9 Å². The number of hydrogen-bond donors (Lipinski definition) is 1. The summed E-state index contributed by atoms with van der Waals surface area (Å²) in [6, 6.07) is 7.23. The number of nitrogens with zero attached hydrogens (tertiary/aromatic N) is 2. The zero-order valence-electron chi connectivity index (χ0n) is 16.3. The lowest BCUT2D eigenvalue weighted by atomic mass is 10.0. The Morgan fingerprint density at radius 2 is 2.07 bits per heavy atom. The summed E-state index contributed by atoms with van der Waals surface area (Å²) >= 11 is 7.43. The smallest absolute Gasteiger partial charge is 0.408 e. The van der Waals surface area contributed by atoms with Crippen molar-refractivity contribution in [3.8, 4) is 0 Å². The molecule has 6 nitrogen and oxygen atoms in total. The molecule has 1 heterocycles. The number of carbonyl (C=O) groups is 1. The molecule has 8 heteroatoms. The molecule has 1 amide bonds. The number of amides is 1. The third kappa shape index (κ3) is 7.81. The van der Waals surface area contributed by atoms with Crippen LogP contribution in [0.5, 0.6) is 0 Å². The Labute approximate surface area is 169 Å². The van der Waals surface area contributed by atoms with E-state index in [1.807, 2.05) is 45.0 Å². The highest BCUT2D eigenvalue weighted by Crippen LogP contribution is 2.27. The Balaban J connectivity index is 2.02. The molecular formula is C19H26ClN3O3S. The predicted molar refractivity (Wildman–Crippen MR) is 107 cm³/mol. The van der Waals surface area contributed by atoms with Crippen LogP contribution in [0.4, 0.5) is 4.79 Å². The molecule has 0 bridgehead atoms. The predicted octanol–water partition coefficient (Wildman–Crippen LogP) is 5.63. The highest BCUT2D eigenvalue weighted by Gasteiger charge is 2.25. The molecule has 1 aromatic carbocycles. The number of carbonyl (C=O) groups excluding carboxylic acids is 1. The molecule has 148 valence electrons. The maximum Gasteiger partial charge on any atom is 0.408 e. The Morgan fingerprint density at radius 1 is 1.33 bits per heavy atom. The largest absolute Gasteiger partial charge is 0.444 e. The molecule has 2 rings (SSSR count). The summed E-state index contributed by atoms with van der Waals surface area (Å²) in [6.45, 7) is 9.59. The second-order valence-corrected chi connectivity index (χ2v) is 9.02. The maximum atomic E-state index is 12.1. The van der Waals surface area contributed by atoms with E-state index in [-0.39, 0.29) is 0 Å². The zero-order valence-corrected chi connectivity index (χ0v) is 17.9. The van der Waals surface area contributed by atoms with Gasteiger partial charge in [-0.15, -0.1) is 10.2 Å². The minimum absolute atomic E-state index is 0.333. The van der Waals surface area contributed by atoms with Gasteiger partial charge in [0.25, 0.3) is 5.22 Å². The van der Waals surface area contributed by atoms with Crippen LogP contribution in [-0.4, -0.2) is 21.9 Å². The highest BCUT2D eigenvalue weighted by atomic mass is 35.5. The Kier molecular flexibility index (Phi) is 7.56. The average Bonchev–Trinajstić information content (AvgIpc) is 2.99. The van der Waals surface area contributed by atoms with Crippen LogP contribution in [0.15, 0.2) is 33.9 Å². The fourth-order valence-corrected chi connectivity index (χ4v) is 3.26. The van der Waals surface area contributed by atoms with Crippen LogP contribution in [-0.2, 0) is 10.5 Å². The number of rotatable bonds is 7. The first-order chi connectivity index (χ1) is 12.6. The van der Waals surface area contributed by atoms with Gasteiger partial charge < -0.3 is 14.5 Å². The number of benzene rings is 1. The molecule has 0 aliphatic carbocycles. The van der Waals surface area contributed by atoms with Crippen LogP contribution >= 0.6 is 23.4 Å². The van der Waals surface area contributed by atoms with Crippen LogP contribution in [0, 0.1) is 5.92 Å². The second kappa shape index (κ2) is 9.46. The van der Waals surface area contributed by atoms with Crippen LogP contribution in [0.25, 0.3) is 0 Å². The number of aromatic nitrogens is 2. The quantitative estimate of drug-likeness (QED) is 0.595. The molecule has 0 fully saturated rings. The van der Waals surface area contributed by atoms with Crippen LogP contribution in [0.2, 0.25) is 5.02 Å². The molecule has 2 aromatic rings. The van der Waals surface area contributed by atoms with Gasteiger partial charge in [0.2, 0.25) is 5.89 Å². The van der Waals surface area contributed by atoms with Crippen molar-refractivity contribution in [2.75, 3.05) is 0 Å². The number of thioether (sulfide) groups is 1. The van der Waals surface area contributed by atoms with E-state index in [1.54, 1.807) is 0 Å². The third-order valence-electron chi connectivity index (χ3n) is 3.37. The summed E-state index contributed by atoms with van der Waals surface area (Å²) in [7, 11) is 0. The maximum absolute atomic E-state index is 12.1. The summed E-state index contributed by atoms with van der Waals surface area (Å²) in [5.41, 5.74) is 0.497. The standard InChI is InChI=1S/C19H26ClN3O3S/c1-12(2)9-15(21-17(24)26-19(3,4)5)16-22-23-18(25-16)27-11-13-7-6-8-14(20)10-13/h6-8,10,12,15H,9,11H2,1-5H3,(H,21,24)/t15-/m0/s1. The number of nitrogens with one attached hydrogen (secondary N) is 1. The minimum atomic E-state index is -0.570. The molecular weight excluding hydrogens is 386 g/mol. The molecule has 0 spiro atoms. The van der Waals surface area contributed by atoms with Gasteiger partial charge in [-0.3, -0.25) is 0 Å². The van der Waals surface area contributed by atoms with E-state index in [4.69, 9.17) is 20.8 Å². The van der Waals surface area contributed by atoms with Gasteiger partial charge in [-0.1, -0.05) is 49.3 Å². The van der Waals surface area contributed by atoms with Gasteiger partial charge in [-0.05, 0) is 50.8 Å². The molecule has 0 saturated heterocycles. The summed E-state index contributed by atoms with van der Waals surface area (Å²) < 4.78 is 11.1. The van der Waals surface area contributed by atoms with Gasteiger partial charge in [0.05, 0.1) is 0 Å². The molecule has 1 atom stereocenters. The lowest BCUT2D eigenvalue weighted by molar-refractivity contribution is 0.0487. The van der Waals surface area contributed by atoms with Crippen molar-refractivity contribution in [1.82, 2.24) is 15.5 Å². The van der Waals surface area contributed by atoms with Gasteiger partial charge >= 0.3 is 6.09 Å². The van der Waals surface area contributed by atoms with Crippen molar-refractivity contribution in [2.45, 2.75) is 63.7 Å². The van der Waals surface area contributed by atoms with E-state index in [1.165, 1.54) is 11.8 Å². The lowest BCUT2D eigenvalue weighted by Gasteiger charge is -2.22. The SMILES string of the molecule is CC(C)C[C@H](NC(=O)OC(C)(C)C)c1nnc(SCc2cccc(Cl)c2)o1. The molecule has 1 N–H and O–H groups in total. The summed E-state index contributed by atoms with van der Waals surface area (Å²) in [5, 5.41) is 12.2. The number of alkyl carbamates (subject to hydrolysis) is 1. The van der Waals surface area contributed by atoms with Crippen molar-refractivity contribution in [3.05, 3.63) is 40.7 Å². The Hall–Kier alpha value is -1.73. The first kappa shape index (κ1) is 21.6. The fourth-order valence-electron chi connectivity index (χ4n) is 2.33. The molecule has 1 aromatic heterocycles. The first-order valence-corrected chi connectivity index (χ1v) is 10.2. The molecule has 0 radical (unpaired) electrons. The van der Waals surface area contributed by atoms with E-state index in [9.17, 15) is 4.79 Å². The van der Waals surface area contributed by atoms with E-state index in [0.29, 0.717) is 34.2 Å². The van der Waals surface area contributed by atoms with Crippen LogP contribution in [0.3, 0.4) is 0 Å². The number of hydrogen-bond acceptors (Lipinski definition) is 6. The normalized spacial score (nSPS) is 12.9. The number of halogens is 1. The van der Waals surface area contributed by atoms with Gasteiger partial charge in [0.1, 0.15) is 11.6 Å². The van der Waals surface area contributed by atoms with Gasteiger partial charge in [-0.25, -0.2) is 4.79 Å². The molecule has 27 heavy (non-hydrogen) atoms.